The largest absolute Gasteiger partial charge is 0.254 e. The lowest BCUT2D eigenvalue weighted by Crippen LogP contribution is -1.93. The molecule has 0 atom stereocenters. The standard InChI is InChI=1S/C60H34N2/c1-3-11-35(12-4-1)54-45-16-7-8-17-46(45)55(36-13-5-2-6-14-36)58-50-32-31-42(44-18-9-19-49(56(44)50)57(54)58)41-27-22-37-25-30-48-43(28-23-38-24-29-47(41)52(37)53(38)48)51-33-26-40-21-20-39-15-10-34-61-59(39)60(40)62-51/h1-34H. The van der Waals surface area contributed by atoms with E-state index in [-0.39, 0.29) is 0 Å². The van der Waals surface area contributed by atoms with Crippen molar-refractivity contribution in [2.45, 2.75) is 0 Å². The molecule has 0 saturated carbocycles. The number of pyridine rings is 2. The second-order valence-corrected chi connectivity index (χ2v) is 16.7. The Balaban J connectivity index is 1.02. The molecule has 62 heavy (non-hydrogen) atoms. The topological polar surface area (TPSA) is 25.8 Å². The summed E-state index contributed by atoms with van der Waals surface area (Å²) in [4.78, 5) is 10.0. The van der Waals surface area contributed by atoms with Gasteiger partial charge in [0, 0.05) is 22.5 Å². The average molecular weight is 783 g/mol. The predicted molar refractivity (Wildman–Crippen MR) is 262 cm³/mol. The van der Waals surface area contributed by atoms with Gasteiger partial charge in [0.25, 0.3) is 0 Å². The van der Waals surface area contributed by atoms with Gasteiger partial charge < -0.3 is 0 Å². The summed E-state index contributed by atoms with van der Waals surface area (Å²) in [6.45, 7) is 0. The van der Waals surface area contributed by atoms with Crippen LogP contribution in [0.3, 0.4) is 0 Å². The zero-order chi connectivity index (χ0) is 40.5. The third-order valence-electron chi connectivity index (χ3n) is 13.6. The molecule has 0 saturated heterocycles. The van der Waals surface area contributed by atoms with Crippen LogP contribution in [0.2, 0.25) is 0 Å². The maximum Gasteiger partial charge on any atom is 0.0972 e. The molecule has 0 aliphatic heterocycles. The van der Waals surface area contributed by atoms with Crippen molar-refractivity contribution >= 4 is 75.7 Å². The van der Waals surface area contributed by atoms with E-state index in [2.05, 4.69) is 194 Å². The van der Waals surface area contributed by atoms with Gasteiger partial charge in [-0.15, -0.1) is 0 Å². The molecular formula is C60H34N2. The van der Waals surface area contributed by atoms with Crippen molar-refractivity contribution in [1.82, 2.24) is 9.97 Å². The van der Waals surface area contributed by atoms with E-state index < -0.39 is 0 Å². The molecule has 0 unspecified atom stereocenters. The Kier molecular flexibility index (Phi) is 6.86. The molecule has 0 radical (unpaired) electrons. The summed E-state index contributed by atoms with van der Waals surface area (Å²) in [6.07, 6.45) is 1.86. The van der Waals surface area contributed by atoms with Crippen LogP contribution in [-0.4, -0.2) is 9.97 Å². The first-order valence-electron chi connectivity index (χ1n) is 21.4. The molecule has 0 spiro atoms. The van der Waals surface area contributed by atoms with Crippen molar-refractivity contribution < 1.29 is 0 Å². The summed E-state index contributed by atoms with van der Waals surface area (Å²) in [5, 5.41) is 14.9. The number of hydrogen-bond acceptors (Lipinski definition) is 2. The molecule has 14 rings (SSSR count). The second kappa shape index (κ2) is 12.7. The summed E-state index contributed by atoms with van der Waals surface area (Å²) in [7, 11) is 0. The van der Waals surface area contributed by atoms with Gasteiger partial charge in [-0.2, -0.15) is 0 Å². The van der Waals surface area contributed by atoms with E-state index in [9.17, 15) is 0 Å². The fourth-order valence-electron chi connectivity index (χ4n) is 11.0. The van der Waals surface area contributed by atoms with Crippen LogP contribution in [0.4, 0.5) is 0 Å². The summed E-state index contributed by atoms with van der Waals surface area (Å²) in [6, 6.07) is 73.8. The van der Waals surface area contributed by atoms with Crippen LogP contribution < -0.4 is 0 Å². The van der Waals surface area contributed by atoms with Crippen LogP contribution in [0.25, 0.3) is 143 Å². The van der Waals surface area contributed by atoms with Gasteiger partial charge in [0.15, 0.2) is 0 Å². The monoisotopic (exact) mass is 782 g/mol. The molecule has 2 heteroatoms. The third kappa shape index (κ3) is 4.58. The van der Waals surface area contributed by atoms with Gasteiger partial charge in [-0.1, -0.05) is 188 Å². The van der Waals surface area contributed by atoms with Crippen LogP contribution in [0.5, 0.6) is 0 Å². The Bertz CT molecular complexity index is 3930. The van der Waals surface area contributed by atoms with E-state index in [1.807, 2.05) is 12.3 Å². The van der Waals surface area contributed by atoms with Crippen molar-refractivity contribution in [3.63, 3.8) is 0 Å². The molecule has 1 aliphatic carbocycles. The van der Waals surface area contributed by atoms with Gasteiger partial charge in [0.05, 0.1) is 16.7 Å². The van der Waals surface area contributed by atoms with Crippen LogP contribution in [-0.2, 0) is 0 Å². The lowest BCUT2D eigenvalue weighted by atomic mass is 9.82. The minimum atomic E-state index is 0.933. The average Bonchev–Trinajstić information content (AvgIpc) is 3.67. The summed E-state index contributed by atoms with van der Waals surface area (Å²) in [5.41, 5.74) is 16.7. The first-order chi connectivity index (χ1) is 30.8. The van der Waals surface area contributed by atoms with E-state index in [0.29, 0.717) is 0 Å². The van der Waals surface area contributed by atoms with Gasteiger partial charge >= 0.3 is 0 Å². The van der Waals surface area contributed by atoms with E-state index in [1.54, 1.807) is 0 Å². The Morgan fingerprint density at radius 3 is 1.42 bits per heavy atom. The van der Waals surface area contributed by atoms with Gasteiger partial charge in [0.1, 0.15) is 0 Å². The maximum absolute atomic E-state index is 5.30. The Morgan fingerprint density at radius 2 is 0.742 bits per heavy atom. The molecule has 0 fully saturated rings. The zero-order valence-corrected chi connectivity index (χ0v) is 33.5. The van der Waals surface area contributed by atoms with Crippen molar-refractivity contribution in [1.29, 1.82) is 0 Å². The predicted octanol–water partition coefficient (Wildman–Crippen LogP) is 16.3. The summed E-state index contributed by atoms with van der Waals surface area (Å²) in [5.74, 6) is 0. The van der Waals surface area contributed by atoms with Crippen LogP contribution in [0, 0.1) is 0 Å². The fourth-order valence-corrected chi connectivity index (χ4v) is 11.0. The number of hydrogen-bond donors (Lipinski definition) is 0. The highest BCUT2D eigenvalue weighted by Gasteiger charge is 2.31. The molecule has 13 aromatic rings. The second-order valence-electron chi connectivity index (χ2n) is 16.7. The van der Waals surface area contributed by atoms with Crippen molar-refractivity contribution in [2.75, 3.05) is 0 Å². The van der Waals surface area contributed by atoms with Crippen LogP contribution >= 0.6 is 0 Å². The number of rotatable bonds is 4. The molecule has 1 aliphatic rings. The molecule has 0 amide bonds. The van der Waals surface area contributed by atoms with E-state index in [4.69, 9.17) is 9.97 Å². The van der Waals surface area contributed by atoms with E-state index >= 15 is 0 Å². The summed E-state index contributed by atoms with van der Waals surface area (Å²) < 4.78 is 0. The van der Waals surface area contributed by atoms with Gasteiger partial charge in [-0.3, -0.25) is 4.98 Å². The van der Waals surface area contributed by atoms with Crippen molar-refractivity contribution in [3.8, 4) is 66.9 Å². The smallest absolute Gasteiger partial charge is 0.0972 e. The number of fused-ring (bicyclic) bond motifs is 7. The maximum atomic E-state index is 5.30. The zero-order valence-electron chi connectivity index (χ0n) is 33.5. The lowest BCUT2D eigenvalue weighted by Gasteiger charge is -2.20. The highest BCUT2D eigenvalue weighted by molar-refractivity contribution is 6.31. The molecular weight excluding hydrogens is 749 g/mol. The molecule has 0 N–H and O–H groups in total. The Hall–Kier alpha value is -8.20. The van der Waals surface area contributed by atoms with Crippen molar-refractivity contribution in [2.24, 2.45) is 0 Å². The molecule has 11 aromatic carbocycles. The molecule has 2 aromatic heterocycles. The van der Waals surface area contributed by atoms with E-state index in [1.165, 1.54) is 109 Å². The van der Waals surface area contributed by atoms with Gasteiger partial charge in [0.2, 0.25) is 0 Å². The normalized spacial score (nSPS) is 12.2. The van der Waals surface area contributed by atoms with Crippen LogP contribution in [0.15, 0.2) is 206 Å². The summed E-state index contributed by atoms with van der Waals surface area (Å²) >= 11 is 0. The molecule has 2 heterocycles. The van der Waals surface area contributed by atoms with Gasteiger partial charge in [-0.25, -0.2) is 4.98 Å². The quantitative estimate of drug-likeness (QED) is 0.166. The van der Waals surface area contributed by atoms with Crippen LogP contribution in [0.1, 0.15) is 0 Å². The highest BCUT2D eigenvalue weighted by atomic mass is 14.8. The lowest BCUT2D eigenvalue weighted by molar-refractivity contribution is 1.37. The first kappa shape index (κ1) is 33.6. The Morgan fingerprint density at radius 1 is 0.258 bits per heavy atom. The highest BCUT2D eigenvalue weighted by Crippen LogP contribution is 2.59. The molecule has 0 bridgehead atoms. The SMILES string of the molecule is c1ccc(-c2c3c(c(-c4ccccc4)c4ccccc24)-c2ccc(-c4ccc5ccc6c(-c7ccc8ccc9cccnc9c8n7)ccc7ccc4c5c76)c4cccc-3c24)cc1. The minimum absolute atomic E-state index is 0.933. The number of aromatic nitrogens is 2. The molecule has 284 valence electrons. The minimum Gasteiger partial charge on any atom is -0.254 e. The number of nitrogens with zero attached hydrogens (tertiary/aromatic N) is 2. The van der Waals surface area contributed by atoms with Gasteiger partial charge in [-0.05, 0) is 122 Å². The first-order valence-corrected chi connectivity index (χ1v) is 21.4. The third-order valence-corrected chi connectivity index (χ3v) is 13.6. The van der Waals surface area contributed by atoms with Crippen molar-refractivity contribution in [3.05, 3.63) is 206 Å². The van der Waals surface area contributed by atoms with E-state index in [0.717, 1.165) is 33.1 Å². The number of benzene rings is 11. The Labute approximate surface area is 357 Å². The molecule has 2 nitrogen and oxygen atoms in total. The fraction of sp³-hybridized carbons (Fsp3) is 0.